The van der Waals surface area contributed by atoms with Crippen molar-refractivity contribution in [1.82, 2.24) is 9.78 Å². The molecule has 0 radical (unpaired) electrons. The summed E-state index contributed by atoms with van der Waals surface area (Å²) in [7, 11) is 1.28. The molecule has 6 nitrogen and oxygen atoms in total. The highest BCUT2D eigenvalue weighted by Gasteiger charge is 2.15. The van der Waals surface area contributed by atoms with Gasteiger partial charge in [-0.3, -0.25) is 4.68 Å². The zero-order valence-corrected chi connectivity index (χ0v) is 10.3. The van der Waals surface area contributed by atoms with E-state index in [4.69, 9.17) is 11.0 Å². The molecule has 0 aliphatic rings. The first-order valence-electron chi connectivity index (χ1n) is 5.54. The summed E-state index contributed by atoms with van der Waals surface area (Å²) in [5.74, 6) is -0.559. The zero-order valence-electron chi connectivity index (χ0n) is 10.3. The minimum absolute atomic E-state index is 0.108. The maximum atomic E-state index is 11.4. The van der Waals surface area contributed by atoms with Crippen LogP contribution in [-0.2, 0) is 11.3 Å². The minimum Gasteiger partial charge on any atom is -0.464 e. The summed E-state index contributed by atoms with van der Waals surface area (Å²) in [6.07, 6.45) is 1.57. The number of esters is 1. The molecule has 0 amide bonds. The van der Waals surface area contributed by atoms with Crippen molar-refractivity contribution < 1.29 is 9.53 Å². The molecule has 1 heterocycles. The maximum Gasteiger partial charge on any atom is 0.360 e. The molecule has 0 atom stereocenters. The normalized spacial score (nSPS) is 9.89. The van der Waals surface area contributed by atoms with Crippen LogP contribution in [0.3, 0.4) is 0 Å². The first kappa shape index (κ1) is 12.6. The van der Waals surface area contributed by atoms with Crippen LogP contribution in [0.15, 0.2) is 30.5 Å². The van der Waals surface area contributed by atoms with Gasteiger partial charge >= 0.3 is 5.97 Å². The quantitative estimate of drug-likeness (QED) is 0.832. The largest absolute Gasteiger partial charge is 0.464 e. The van der Waals surface area contributed by atoms with E-state index in [2.05, 4.69) is 15.9 Å². The predicted molar refractivity (Wildman–Crippen MR) is 68.2 cm³/mol. The van der Waals surface area contributed by atoms with E-state index < -0.39 is 5.97 Å². The lowest BCUT2D eigenvalue weighted by Crippen LogP contribution is -2.07. The lowest BCUT2D eigenvalue weighted by Gasteiger charge is -2.01. The number of methoxy groups -OCH3 is 1. The predicted octanol–water partition coefficient (Wildman–Crippen LogP) is 1.17. The van der Waals surface area contributed by atoms with Crippen molar-refractivity contribution in [2.75, 3.05) is 12.8 Å². The second kappa shape index (κ2) is 5.23. The summed E-state index contributed by atoms with van der Waals surface area (Å²) in [6, 6.07) is 9.16. The molecule has 0 saturated heterocycles. The first-order valence-corrected chi connectivity index (χ1v) is 5.54. The van der Waals surface area contributed by atoms with Gasteiger partial charge in [-0.15, -0.1) is 0 Å². The van der Waals surface area contributed by atoms with Crippen LogP contribution in [0.5, 0.6) is 0 Å². The average Bonchev–Trinajstić information content (AvgIpc) is 2.79. The van der Waals surface area contributed by atoms with Gasteiger partial charge < -0.3 is 10.5 Å². The summed E-state index contributed by atoms with van der Waals surface area (Å²) >= 11 is 0. The summed E-state index contributed by atoms with van der Waals surface area (Å²) in [4.78, 5) is 11.4. The molecule has 2 N–H and O–H groups in total. The molecule has 0 aliphatic carbocycles. The molecule has 1 aromatic carbocycles. The van der Waals surface area contributed by atoms with Crippen molar-refractivity contribution in [3.8, 4) is 6.07 Å². The number of carbonyl (C=O) groups excluding carboxylic acids is 1. The van der Waals surface area contributed by atoms with Gasteiger partial charge in [-0.1, -0.05) is 12.1 Å². The van der Waals surface area contributed by atoms with Gasteiger partial charge in [0.25, 0.3) is 0 Å². The summed E-state index contributed by atoms with van der Waals surface area (Å²) in [6.45, 7) is 0.465. The smallest absolute Gasteiger partial charge is 0.360 e. The second-order valence-corrected chi connectivity index (χ2v) is 3.93. The SMILES string of the molecule is COC(=O)c1nn(Cc2ccc(C#N)cc2)cc1N. The molecule has 0 aliphatic heterocycles. The lowest BCUT2D eigenvalue weighted by molar-refractivity contribution is 0.0594. The van der Waals surface area contributed by atoms with Crippen LogP contribution in [0.1, 0.15) is 21.6 Å². The summed E-state index contributed by atoms with van der Waals surface area (Å²) in [5, 5.41) is 12.8. The highest BCUT2D eigenvalue weighted by molar-refractivity contribution is 5.92. The Bertz CT molecular complexity index is 638. The van der Waals surface area contributed by atoms with E-state index in [1.807, 2.05) is 12.1 Å². The standard InChI is InChI=1S/C13H12N4O2/c1-19-13(18)12-11(15)8-17(16-12)7-10-4-2-9(6-14)3-5-10/h2-5,8H,7,15H2,1H3. The molecule has 0 unspecified atom stereocenters. The van der Waals surface area contributed by atoms with Crippen molar-refractivity contribution in [2.45, 2.75) is 6.54 Å². The van der Waals surface area contributed by atoms with E-state index in [1.165, 1.54) is 7.11 Å². The third kappa shape index (κ3) is 2.72. The fourth-order valence-corrected chi connectivity index (χ4v) is 1.64. The number of hydrogen-bond acceptors (Lipinski definition) is 5. The third-order valence-corrected chi connectivity index (χ3v) is 2.60. The third-order valence-electron chi connectivity index (χ3n) is 2.60. The number of hydrogen-bond donors (Lipinski definition) is 1. The van der Waals surface area contributed by atoms with Crippen LogP contribution in [0.2, 0.25) is 0 Å². The Morgan fingerprint density at radius 1 is 1.47 bits per heavy atom. The van der Waals surface area contributed by atoms with Crippen LogP contribution >= 0.6 is 0 Å². The molecule has 2 aromatic rings. The van der Waals surface area contributed by atoms with E-state index >= 15 is 0 Å². The number of nitrogen functional groups attached to an aromatic ring is 1. The lowest BCUT2D eigenvalue weighted by atomic mass is 10.1. The van der Waals surface area contributed by atoms with Crippen molar-refractivity contribution in [3.63, 3.8) is 0 Å². The number of nitriles is 1. The summed E-state index contributed by atoms with van der Waals surface area (Å²) in [5.41, 5.74) is 7.63. The van der Waals surface area contributed by atoms with Crippen molar-refractivity contribution in [1.29, 1.82) is 5.26 Å². The molecule has 0 bridgehead atoms. The van der Waals surface area contributed by atoms with Crippen molar-refractivity contribution >= 4 is 11.7 Å². The number of carbonyl (C=O) groups is 1. The second-order valence-electron chi connectivity index (χ2n) is 3.93. The number of anilines is 1. The fourth-order valence-electron chi connectivity index (χ4n) is 1.64. The number of aromatic nitrogens is 2. The van der Waals surface area contributed by atoms with Gasteiger partial charge in [0.05, 0.1) is 31.0 Å². The number of nitrogens with two attached hydrogens (primary N) is 1. The highest BCUT2D eigenvalue weighted by atomic mass is 16.5. The molecule has 0 fully saturated rings. The van der Waals surface area contributed by atoms with E-state index in [1.54, 1.807) is 23.0 Å². The van der Waals surface area contributed by atoms with Crippen LogP contribution in [0.25, 0.3) is 0 Å². The molecule has 6 heteroatoms. The molecular formula is C13H12N4O2. The monoisotopic (exact) mass is 256 g/mol. The number of nitrogens with zero attached hydrogens (tertiary/aromatic N) is 3. The van der Waals surface area contributed by atoms with Crippen molar-refractivity contribution in [3.05, 3.63) is 47.3 Å². The minimum atomic E-state index is -0.559. The summed E-state index contributed by atoms with van der Waals surface area (Å²) < 4.78 is 6.14. The Morgan fingerprint density at radius 2 is 2.16 bits per heavy atom. The van der Waals surface area contributed by atoms with E-state index in [9.17, 15) is 4.79 Å². The molecule has 96 valence electrons. The molecule has 1 aromatic heterocycles. The van der Waals surface area contributed by atoms with Gasteiger partial charge in [-0.2, -0.15) is 10.4 Å². The Morgan fingerprint density at radius 3 is 2.74 bits per heavy atom. The number of benzene rings is 1. The highest BCUT2D eigenvalue weighted by Crippen LogP contribution is 2.12. The first-order chi connectivity index (χ1) is 9.13. The van der Waals surface area contributed by atoms with Crippen LogP contribution in [0, 0.1) is 11.3 Å². The van der Waals surface area contributed by atoms with Gasteiger partial charge in [0.1, 0.15) is 0 Å². The van der Waals surface area contributed by atoms with E-state index in [0.29, 0.717) is 12.1 Å². The topological polar surface area (TPSA) is 93.9 Å². The maximum absolute atomic E-state index is 11.4. The Kier molecular flexibility index (Phi) is 3.48. The van der Waals surface area contributed by atoms with Crippen molar-refractivity contribution in [2.24, 2.45) is 0 Å². The Labute approximate surface area is 110 Å². The van der Waals surface area contributed by atoms with E-state index in [-0.39, 0.29) is 11.4 Å². The molecular weight excluding hydrogens is 244 g/mol. The molecule has 19 heavy (non-hydrogen) atoms. The van der Waals surface area contributed by atoms with Gasteiger partial charge in [-0.05, 0) is 17.7 Å². The fraction of sp³-hybridized carbons (Fsp3) is 0.154. The van der Waals surface area contributed by atoms with Gasteiger partial charge in [0.2, 0.25) is 0 Å². The molecule has 2 rings (SSSR count). The molecule has 0 saturated carbocycles. The Hall–Kier alpha value is -2.81. The van der Waals surface area contributed by atoms with E-state index in [0.717, 1.165) is 5.56 Å². The van der Waals surface area contributed by atoms with Crippen LogP contribution in [0.4, 0.5) is 5.69 Å². The number of ether oxygens (including phenoxy) is 1. The van der Waals surface area contributed by atoms with Crippen LogP contribution in [-0.4, -0.2) is 22.9 Å². The molecule has 0 spiro atoms. The van der Waals surface area contributed by atoms with Crippen LogP contribution < -0.4 is 5.73 Å². The Balaban J connectivity index is 2.19. The number of rotatable bonds is 3. The van der Waals surface area contributed by atoms with Gasteiger partial charge in [0.15, 0.2) is 5.69 Å². The van der Waals surface area contributed by atoms with Gasteiger partial charge in [-0.25, -0.2) is 4.79 Å². The zero-order chi connectivity index (χ0) is 13.8. The average molecular weight is 256 g/mol. The van der Waals surface area contributed by atoms with Gasteiger partial charge in [0, 0.05) is 6.20 Å².